The third-order valence-electron chi connectivity index (χ3n) is 4.33. The number of fused-ring (bicyclic) bond motifs is 1. The van der Waals surface area contributed by atoms with Gasteiger partial charge in [0.15, 0.2) is 0 Å². The summed E-state index contributed by atoms with van der Waals surface area (Å²) in [4.78, 5) is 2.47. The van der Waals surface area contributed by atoms with Crippen molar-refractivity contribution in [3.63, 3.8) is 0 Å². The SMILES string of the molecule is COC[C@H]1CCN(Cc2oc3ccc(C)cc3c2C)C1. The van der Waals surface area contributed by atoms with Crippen molar-refractivity contribution in [1.82, 2.24) is 4.90 Å². The van der Waals surface area contributed by atoms with Crippen LogP contribution in [0.2, 0.25) is 0 Å². The van der Waals surface area contributed by atoms with Crippen LogP contribution in [-0.2, 0) is 11.3 Å². The lowest BCUT2D eigenvalue weighted by molar-refractivity contribution is 0.152. The van der Waals surface area contributed by atoms with E-state index in [0.29, 0.717) is 5.92 Å². The van der Waals surface area contributed by atoms with Gasteiger partial charge in [-0.3, -0.25) is 4.90 Å². The monoisotopic (exact) mass is 273 g/mol. The molecule has 0 saturated carbocycles. The second-order valence-electron chi connectivity index (χ2n) is 6.00. The Balaban J connectivity index is 1.76. The smallest absolute Gasteiger partial charge is 0.134 e. The van der Waals surface area contributed by atoms with Gasteiger partial charge in [-0.2, -0.15) is 0 Å². The van der Waals surface area contributed by atoms with Crippen LogP contribution in [0.4, 0.5) is 0 Å². The molecule has 108 valence electrons. The third-order valence-corrected chi connectivity index (χ3v) is 4.33. The van der Waals surface area contributed by atoms with Crippen molar-refractivity contribution >= 4 is 11.0 Å². The molecule has 20 heavy (non-hydrogen) atoms. The van der Waals surface area contributed by atoms with E-state index < -0.39 is 0 Å². The van der Waals surface area contributed by atoms with E-state index in [2.05, 4.69) is 36.9 Å². The zero-order valence-corrected chi connectivity index (χ0v) is 12.6. The molecule has 1 aliphatic heterocycles. The number of likely N-dealkylation sites (tertiary alicyclic amines) is 1. The van der Waals surface area contributed by atoms with E-state index in [-0.39, 0.29) is 0 Å². The first-order chi connectivity index (χ1) is 9.67. The van der Waals surface area contributed by atoms with Gasteiger partial charge in [0.1, 0.15) is 11.3 Å². The minimum atomic E-state index is 0.673. The molecule has 0 bridgehead atoms. The van der Waals surface area contributed by atoms with Gasteiger partial charge in [-0.25, -0.2) is 0 Å². The van der Waals surface area contributed by atoms with Crippen molar-refractivity contribution in [2.24, 2.45) is 5.92 Å². The first-order valence-corrected chi connectivity index (χ1v) is 7.37. The summed E-state index contributed by atoms with van der Waals surface area (Å²) in [5, 5.41) is 1.26. The van der Waals surface area contributed by atoms with Crippen molar-refractivity contribution in [3.05, 3.63) is 35.1 Å². The van der Waals surface area contributed by atoms with Gasteiger partial charge in [-0.1, -0.05) is 11.6 Å². The molecular formula is C17H23NO2. The van der Waals surface area contributed by atoms with E-state index in [4.69, 9.17) is 9.15 Å². The van der Waals surface area contributed by atoms with Crippen LogP contribution >= 0.6 is 0 Å². The fraction of sp³-hybridized carbons (Fsp3) is 0.529. The van der Waals surface area contributed by atoms with Crippen LogP contribution in [0.3, 0.4) is 0 Å². The zero-order chi connectivity index (χ0) is 14.1. The molecule has 1 aliphatic rings. The van der Waals surface area contributed by atoms with E-state index in [1.807, 2.05) is 0 Å². The predicted molar refractivity (Wildman–Crippen MR) is 80.9 cm³/mol. The summed E-state index contributed by atoms with van der Waals surface area (Å²) in [6, 6.07) is 6.41. The van der Waals surface area contributed by atoms with Crippen molar-refractivity contribution in [1.29, 1.82) is 0 Å². The molecule has 0 amide bonds. The second-order valence-corrected chi connectivity index (χ2v) is 6.00. The Hall–Kier alpha value is -1.32. The molecule has 2 aromatic rings. The van der Waals surface area contributed by atoms with Gasteiger partial charge in [-0.15, -0.1) is 0 Å². The maximum Gasteiger partial charge on any atom is 0.134 e. The Morgan fingerprint density at radius 1 is 1.35 bits per heavy atom. The summed E-state index contributed by atoms with van der Waals surface area (Å²) in [6.07, 6.45) is 1.23. The number of ether oxygens (including phenoxy) is 1. The van der Waals surface area contributed by atoms with Gasteiger partial charge in [0.2, 0.25) is 0 Å². The lowest BCUT2D eigenvalue weighted by Crippen LogP contribution is -2.21. The lowest BCUT2D eigenvalue weighted by Gasteiger charge is -2.14. The average Bonchev–Trinajstić information content (AvgIpc) is 2.98. The molecule has 1 saturated heterocycles. The molecule has 0 radical (unpaired) electrons. The van der Waals surface area contributed by atoms with Crippen LogP contribution < -0.4 is 0 Å². The summed E-state index contributed by atoms with van der Waals surface area (Å²) in [5.74, 6) is 1.79. The van der Waals surface area contributed by atoms with Gasteiger partial charge in [0.25, 0.3) is 0 Å². The number of nitrogens with zero attached hydrogens (tertiary/aromatic N) is 1. The number of benzene rings is 1. The van der Waals surface area contributed by atoms with Gasteiger partial charge in [-0.05, 0) is 50.4 Å². The molecule has 2 heterocycles. The summed E-state index contributed by atoms with van der Waals surface area (Å²) in [7, 11) is 1.79. The van der Waals surface area contributed by atoms with Crippen LogP contribution in [0.15, 0.2) is 22.6 Å². The van der Waals surface area contributed by atoms with Gasteiger partial charge in [0, 0.05) is 19.0 Å². The quantitative estimate of drug-likeness (QED) is 0.852. The summed E-state index contributed by atoms with van der Waals surface area (Å²) in [6.45, 7) is 8.34. The second kappa shape index (κ2) is 5.58. The molecule has 3 nitrogen and oxygen atoms in total. The van der Waals surface area contributed by atoms with E-state index in [9.17, 15) is 0 Å². The topological polar surface area (TPSA) is 25.6 Å². The van der Waals surface area contributed by atoms with Crippen molar-refractivity contribution < 1.29 is 9.15 Å². The van der Waals surface area contributed by atoms with Gasteiger partial charge in [0.05, 0.1) is 13.2 Å². The Labute approximate surface area is 120 Å². The highest BCUT2D eigenvalue weighted by Crippen LogP contribution is 2.28. The minimum absolute atomic E-state index is 0.673. The fourth-order valence-corrected chi connectivity index (χ4v) is 3.17. The molecule has 0 aliphatic carbocycles. The van der Waals surface area contributed by atoms with Crippen LogP contribution in [0.1, 0.15) is 23.3 Å². The molecule has 0 unspecified atom stereocenters. The predicted octanol–water partition coefficient (Wildman–Crippen LogP) is 3.52. The lowest BCUT2D eigenvalue weighted by atomic mass is 10.1. The first-order valence-electron chi connectivity index (χ1n) is 7.37. The number of hydrogen-bond donors (Lipinski definition) is 0. The number of hydrogen-bond acceptors (Lipinski definition) is 3. The molecule has 0 N–H and O–H groups in total. The molecule has 0 spiro atoms. The van der Waals surface area contributed by atoms with E-state index >= 15 is 0 Å². The minimum Gasteiger partial charge on any atom is -0.459 e. The van der Waals surface area contributed by atoms with Crippen molar-refractivity contribution in [3.8, 4) is 0 Å². The Bertz CT molecular complexity index is 602. The fourth-order valence-electron chi connectivity index (χ4n) is 3.17. The highest BCUT2D eigenvalue weighted by molar-refractivity contribution is 5.82. The Morgan fingerprint density at radius 3 is 3.00 bits per heavy atom. The average molecular weight is 273 g/mol. The number of rotatable bonds is 4. The van der Waals surface area contributed by atoms with Crippen LogP contribution in [0, 0.1) is 19.8 Å². The molecule has 1 fully saturated rings. The van der Waals surface area contributed by atoms with Crippen LogP contribution in [-0.4, -0.2) is 31.7 Å². The first kappa shape index (κ1) is 13.7. The number of furan rings is 1. The van der Waals surface area contributed by atoms with Gasteiger partial charge >= 0.3 is 0 Å². The molecule has 3 heteroatoms. The zero-order valence-electron chi connectivity index (χ0n) is 12.6. The number of aryl methyl sites for hydroxylation is 2. The van der Waals surface area contributed by atoms with Crippen molar-refractivity contribution in [2.75, 3.05) is 26.8 Å². The van der Waals surface area contributed by atoms with E-state index in [0.717, 1.165) is 37.6 Å². The number of methoxy groups -OCH3 is 1. The summed E-state index contributed by atoms with van der Waals surface area (Å²) >= 11 is 0. The standard InChI is InChI=1S/C17H23NO2/c1-12-4-5-16-15(8-12)13(2)17(20-16)10-18-7-6-14(9-18)11-19-3/h4-5,8,14H,6-7,9-11H2,1-3H3/t14-/m0/s1. The van der Waals surface area contributed by atoms with E-state index in [1.165, 1.54) is 22.9 Å². The Morgan fingerprint density at radius 2 is 2.20 bits per heavy atom. The highest BCUT2D eigenvalue weighted by Gasteiger charge is 2.24. The largest absolute Gasteiger partial charge is 0.459 e. The summed E-state index contributed by atoms with van der Waals surface area (Å²) in [5.41, 5.74) is 3.59. The van der Waals surface area contributed by atoms with Gasteiger partial charge < -0.3 is 9.15 Å². The van der Waals surface area contributed by atoms with E-state index in [1.54, 1.807) is 7.11 Å². The highest BCUT2D eigenvalue weighted by atomic mass is 16.5. The molecular weight excluding hydrogens is 250 g/mol. The Kier molecular flexibility index (Phi) is 3.81. The molecule has 1 aromatic carbocycles. The maximum absolute atomic E-state index is 6.04. The summed E-state index contributed by atoms with van der Waals surface area (Å²) < 4.78 is 11.3. The third kappa shape index (κ3) is 2.60. The van der Waals surface area contributed by atoms with Crippen LogP contribution in [0.25, 0.3) is 11.0 Å². The van der Waals surface area contributed by atoms with Crippen LogP contribution in [0.5, 0.6) is 0 Å². The normalized spacial score (nSPS) is 20.1. The molecule has 1 aromatic heterocycles. The molecule has 3 rings (SSSR count). The molecule has 1 atom stereocenters. The van der Waals surface area contributed by atoms with Crippen molar-refractivity contribution in [2.45, 2.75) is 26.8 Å². The maximum atomic E-state index is 6.04.